The minimum atomic E-state index is -3.66. The Kier molecular flexibility index (Phi) is 4.84. The van der Waals surface area contributed by atoms with E-state index in [2.05, 4.69) is 18.6 Å². The summed E-state index contributed by atoms with van der Waals surface area (Å²) in [7, 11) is -3.66. The first-order valence-electron chi connectivity index (χ1n) is 8.74. The van der Waals surface area contributed by atoms with Crippen LogP contribution in [0.25, 0.3) is 0 Å². The minimum absolute atomic E-state index is 0.137. The molecule has 1 saturated heterocycles. The number of hydrogen-bond acceptors (Lipinski definition) is 4. The van der Waals surface area contributed by atoms with Crippen molar-refractivity contribution in [2.45, 2.75) is 64.1 Å². The summed E-state index contributed by atoms with van der Waals surface area (Å²) in [5, 5.41) is 10.5. The normalized spacial score (nSPS) is 44.2. The highest BCUT2D eigenvalue weighted by Crippen LogP contribution is 2.46. The summed E-state index contributed by atoms with van der Waals surface area (Å²) >= 11 is 0. The van der Waals surface area contributed by atoms with Crippen LogP contribution < -0.4 is 4.72 Å². The summed E-state index contributed by atoms with van der Waals surface area (Å²) in [4.78, 5) is 10.9. The van der Waals surface area contributed by atoms with Gasteiger partial charge in [0, 0.05) is 6.54 Å². The fourth-order valence-electron chi connectivity index (χ4n) is 4.78. The van der Waals surface area contributed by atoms with E-state index in [1.165, 1.54) is 10.7 Å². The highest BCUT2D eigenvalue weighted by molar-refractivity contribution is 7.87. The molecule has 6 atom stereocenters. The number of nitrogens with one attached hydrogen (secondary N) is 1. The van der Waals surface area contributed by atoms with E-state index in [4.69, 9.17) is 0 Å². The molecule has 2 aliphatic carbocycles. The molecule has 6 nitrogen and oxygen atoms in total. The van der Waals surface area contributed by atoms with Crippen molar-refractivity contribution in [1.82, 2.24) is 9.03 Å². The molecule has 0 radical (unpaired) electrons. The second kappa shape index (κ2) is 6.43. The molecule has 0 aromatic heterocycles. The van der Waals surface area contributed by atoms with Crippen molar-refractivity contribution in [2.24, 2.45) is 23.7 Å². The van der Waals surface area contributed by atoms with Crippen LogP contribution in [0.1, 0.15) is 46.0 Å². The van der Waals surface area contributed by atoms with Gasteiger partial charge in [-0.1, -0.05) is 13.8 Å². The summed E-state index contributed by atoms with van der Waals surface area (Å²) in [6, 6.07) is -1.09. The van der Waals surface area contributed by atoms with E-state index in [0.717, 1.165) is 12.8 Å². The van der Waals surface area contributed by atoms with E-state index in [1.54, 1.807) is 0 Å². The Balaban J connectivity index is 1.75. The van der Waals surface area contributed by atoms with E-state index in [1.807, 2.05) is 0 Å². The number of rotatable bonds is 3. The van der Waals surface area contributed by atoms with Gasteiger partial charge in [0.1, 0.15) is 6.29 Å². The van der Waals surface area contributed by atoms with Crippen molar-refractivity contribution < 1.29 is 18.3 Å². The van der Waals surface area contributed by atoms with E-state index in [0.29, 0.717) is 42.8 Å². The molecule has 1 heterocycles. The molecule has 0 spiro atoms. The fraction of sp³-hybridized carbons (Fsp3) is 0.938. The number of aliphatic hydroxyl groups is 1. The van der Waals surface area contributed by atoms with E-state index >= 15 is 0 Å². The first-order chi connectivity index (χ1) is 10.8. The van der Waals surface area contributed by atoms with Crippen molar-refractivity contribution in [2.75, 3.05) is 6.54 Å². The number of aldehydes is 1. The van der Waals surface area contributed by atoms with Gasteiger partial charge in [0.15, 0.2) is 0 Å². The number of carbonyl (C=O) groups is 1. The average Bonchev–Trinajstić information content (AvgIpc) is 2.80. The van der Waals surface area contributed by atoms with Crippen LogP contribution in [0, 0.1) is 23.7 Å². The lowest BCUT2D eigenvalue weighted by Gasteiger charge is -2.46. The van der Waals surface area contributed by atoms with Gasteiger partial charge in [-0.2, -0.15) is 17.4 Å². The van der Waals surface area contributed by atoms with E-state index < -0.39 is 28.4 Å². The zero-order valence-electron chi connectivity index (χ0n) is 13.9. The first-order valence-corrected chi connectivity index (χ1v) is 10.2. The summed E-state index contributed by atoms with van der Waals surface area (Å²) in [5.74, 6) is 2.34. The van der Waals surface area contributed by atoms with Gasteiger partial charge in [0.25, 0.3) is 10.2 Å². The molecule has 0 amide bonds. The maximum atomic E-state index is 12.3. The van der Waals surface area contributed by atoms with Crippen LogP contribution >= 0.6 is 0 Å². The lowest BCUT2D eigenvalue weighted by Crippen LogP contribution is -2.52. The van der Waals surface area contributed by atoms with Crippen molar-refractivity contribution >= 4 is 16.5 Å². The lowest BCUT2D eigenvalue weighted by atomic mass is 9.63. The van der Waals surface area contributed by atoms with Crippen LogP contribution in [0.3, 0.4) is 0 Å². The van der Waals surface area contributed by atoms with Crippen LogP contribution in [-0.4, -0.2) is 48.8 Å². The second-order valence-corrected chi connectivity index (χ2v) is 9.53. The molecule has 0 aromatic carbocycles. The molecular formula is C16H28N2O4S. The highest BCUT2D eigenvalue weighted by atomic mass is 32.2. The molecule has 6 unspecified atom stereocenters. The number of nitrogens with zero attached hydrogens (tertiary/aromatic N) is 1. The summed E-state index contributed by atoms with van der Waals surface area (Å²) < 4.78 is 28.2. The summed E-state index contributed by atoms with van der Waals surface area (Å²) in [6.07, 6.45) is 4.87. The maximum Gasteiger partial charge on any atom is 0.280 e. The van der Waals surface area contributed by atoms with Crippen molar-refractivity contribution in [1.29, 1.82) is 0 Å². The van der Waals surface area contributed by atoms with Crippen molar-refractivity contribution in [3.8, 4) is 0 Å². The maximum absolute atomic E-state index is 12.3. The molecule has 7 heteroatoms. The Morgan fingerprint density at radius 3 is 2.52 bits per heavy atom. The Morgan fingerprint density at radius 1 is 1.17 bits per heavy atom. The van der Waals surface area contributed by atoms with Gasteiger partial charge in [-0.15, -0.1) is 0 Å². The molecule has 1 aliphatic heterocycles. The topological polar surface area (TPSA) is 86.7 Å². The second-order valence-electron chi connectivity index (χ2n) is 7.88. The van der Waals surface area contributed by atoms with Gasteiger partial charge in [-0.05, 0) is 55.8 Å². The first kappa shape index (κ1) is 17.3. The van der Waals surface area contributed by atoms with E-state index in [-0.39, 0.29) is 6.54 Å². The quantitative estimate of drug-likeness (QED) is 0.745. The molecule has 2 N–H and O–H groups in total. The monoisotopic (exact) mass is 344 g/mol. The largest absolute Gasteiger partial charge is 0.391 e. The van der Waals surface area contributed by atoms with Gasteiger partial charge in [0.2, 0.25) is 0 Å². The van der Waals surface area contributed by atoms with Gasteiger partial charge in [-0.25, -0.2) is 0 Å². The van der Waals surface area contributed by atoms with Crippen LogP contribution in [0.4, 0.5) is 0 Å². The van der Waals surface area contributed by atoms with Gasteiger partial charge >= 0.3 is 0 Å². The molecular weight excluding hydrogens is 316 g/mol. The summed E-state index contributed by atoms with van der Waals surface area (Å²) in [5.41, 5.74) is 0. The predicted octanol–water partition coefficient (Wildman–Crippen LogP) is 0.916. The standard InChI is InChI=1S/C16H28N2O4S/c1-10(2)11-3-4-12-7-16(20)15(6-13(12)5-11)18-8-14(9-19)17-23(18,21)22/h9-17,20H,3-8H2,1-2H3. The number of hydrogen-bond donors (Lipinski definition) is 2. The minimum Gasteiger partial charge on any atom is -0.391 e. The lowest BCUT2D eigenvalue weighted by molar-refractivity contribution is -0.109. The van der Waals surface area contributed by atoms with Crippen molar-refractivity contribution in [3.05, 3.63) is 0 Å². The van der Waals surface area contributed by atoms with Gasteiger partial charge in [-0.3, -0.25) is 0 Å². The van der Waals surface area contributed by atoms with Crippen LogP contribution in [-0.2, 0) is 15.0 Å². The van der Waals surface area contributed by atoms with Gasteiger partial charge in [0.05, 0.1) is 18.2 Å². The van der Waals surface area contributed by atoms with Crippen LogP contribution in [0.2, 0.25) is 0 Å². The third kappa shape index (κ3) is 3.34. The molecule has 3 fully saturated rings. The SMILES string of the molecule is CC(C)C1CCC2CC(O)C(N3CC(C=O)NS3(=O)=O)CC2C1. The Morgan fingerprint density at radius 2 is 1.91 bits per heavy atom. The molecule has 23 heavy (non-hydrogen) atoms. The van der Waals surface area contributed by atoms with Crippen LogP contribution in [0.5, 0.6) is 0 Å². The average molecular weight is 344 g/mol. The van der Waals surface area contributed by atoms with Gasteiger partial charge < -0.3 is 9.90 Å². The molecule has 0 bridgehead atoms. The predicted molar refractivity (Wildman–Crippen MR) is 86.8 cm³/mol. The molecule has 2 saturated carbocycles. The van der Waals surface area contributed by atoms with Crippen molar-refractivity contribution in [3.63, 3.8) is 0 Å². The third-order valence-corrected chi connectivity index (χ3v) is 7.81. The molecule has 3 aliphatic rings. The number of carbonyl (C=O) groups excluding carboxylic acids is 1. The molecule has 3 rings (SSSR count). The Hall–Kier alpha value is -0.500. The number of aliphatic hydroxyl groups excluding tert-OH is 1. The summed E-state index contributed by atoms with van der Waals surface area (Å²) in [6.45, 7) is 4.64. The molecule has 132 valence electrons. The fourth-order valence-corrected chi connectivity index (χ4v) is 6.37. The Bertz CT molecular complexity index is 550. The van der Waals surface area contributed by atoms with E-state index in [9.17, 15) is 18.3 Å². The zero-order chi connectivity index (χ0) is 16.8. The Labute approximate surface area is 138 Å². The number of fused-ring (bicyclic) bond motifs is 1. The highest BCUT2D eigenvalue weighted by Gasteiger charge is 2.48. The molecule has 0 aromatic rings. The van der Waals surface area contributed by atoms with Crippen LogP contribution in [0.15, 0.2) is 0 Å². The smallest absolute Gasteiger partial charge is 0.280 e. The zero-order valence-corrected chi connectivity index (χ0v) is 14.7. The third-order valence-electron chi connectivity index (χ3n) is 6.18.